The molecular formula is C10H7F5O3. The Morgan fingerprint density at radius 3 is 2.33 bits per heavy atom. The van der Waals surface area contributed by atoms with Gasteiger partial charge in [0.1, 0.15) is 5.75 Å². The number of benzene rings is 1. The summed E-state index contributed by atoms with van der Waals surface area (Å²) < 4.78 is 68.7. The topological polar surface area (TPSA) is 35.5 Å². The van der Waals surface area contributed by atoms with Crippen molar-refractivity contribution in [2.45, 2.75) is 12.8 Å². The zero-order valence-corrected chi connectivity index (χ0v) is 8.92. The summed E-state index contributed by atoms with van der Waals surface area (Å²) in [6.07, 6.45) is -8.28. The lowest BCUT2D eigenvalue weighted by atomic mass is 10.1. The summed E-state index contributed by atoms with van der Waals surface area (Å²) in [5, 5.41) is 0. The van der Waals surface area contributed by atoms with E-state index in [0.717, 1.165) is 13.2 Å². The van der Waals surface area contributed by atoms with Crippen LogP contribution in [0.2, 0.25) is 0 Å². The largest absolute Gasteiger partial charge is 0.573 e. The summed E-state index contributed by atoms with van der Waals surface area (Å²) in [6.45, 7) is 0. The predicted molar refractivity (Wildman–Crippen MR) is 49.4 cm³/mol. The van der Waals surface area contributed by atoms with Gasteiger partial charge in [0.2, 0.25) is 0 Å². The Balaban J connectivity index is 3.20. The van der Waals surface area contributed by atoms with Crippen LogP contribution >= 0.6 is 0 Å². The molecule has 0 saturated heterocycles. The highest BCUT2D eigenvalue weighted by atomic mass is 19.4. The van der Waals surface area contributed by atoms with Gasteiger partial charge in [-0.25, -0.2) is 13.6 Å². The molecule has 3 nitrogen and oxygen atoms in total. The normalized spacial score (nSPS) is 11.5. The first-order valence-corrected chi connectivity index (χ1v) is 4.50. The van der Waals surface area contributed by atoms with Crippen LogP contribution in [-0.2, 0) is 4.74 Å². The van der Waals surface area contributed by atoms with Gasteiger partial charge in [-0.2, -0.15) is 0 Å². The van der Waals surface area contributed by atoms with Crippen LogP contribution in [0.15, 0.2) is 18.2 Å². The molecule has 8 heteroatoms. The minimum Gasteiger partial charge on any atom is -0.465 e. The van der Waals surface area contributed by atoms with E-state index in [9.17, 15) is 26.7 Å². The van der Waals surface area contributed by atoms with Gasteiger partial charge in [-0.05, 0) is 18.2 Å². The van der Waals surface area contributed by atoms with Gasteiger partial charge < -0.3 is 9.47 Å². The number of carbonyl (C=O) groups excluding carboxylic acids is 1. The number of hydrogen-bond acceptors (Lipinski definition) is 3. The molecule has 0 atom stereocenters. The van der Waals surface area contributed by atoms with Gasteiger partial charge in [0.25, 0.3) is 6.43 Å². The molecule has 0 aliphatic carbocycles. The predicted octanol–water partition coefficient (Wildman–Crippen LogP) is 3.31. The standard InChI is InChI=1S/C10H7F5O3/c1-17-9(16)5-2-3-6(8(11)12)7(4-5)18-10(13,14)15/h2-4,8H,1H3. The molecule has 0 aliphatic heterocycles. The third-order valence-electron chi connectivity index (χ3n) is 1.90. The summed E-state index contributed by atoms with van der Waals surface area (Å²) in [6, 6.07) is 2.16. The van der Waals surface area contributed by atoms with Crippen molar-refractivity contribution in [2.75, 3.05) is 7.11 Å². The first-order valence-electron chi connectivity index (χ1n) is 4.50. The minimum atomic E-state index is -5.13. The summed E-state index contributed by atoms with van der Waals surface area (Å²) in [7, 11) is 1.01. The average molecular weight is 270 g/mol. The van der Waals surface area contributed by atoms with Crippen LogP contribution in [-0.4, -0.2) is 19.4 Å². The number of carbonyl (C=O) groups is 1. The van der Waals surface area contributed by atoms with Crippen molar-refractivity contribution in [2.24, 2.45) is 0 Å². The first kappa shape index (κ1) is 14.2. The highest BCUT2D eigenvalue weighted by molar-refractivity contribution is 5.89. The maximum Gasteiger partial charge on any atom is 0.573 e. The van der Waals surface area contributed by atoms with Gasteiger partial charge in [0.15, 0.2) is 0 Å². The van der Waals surface area contributed by atoms with E-state index in [2.05, 4.69) is 9.47 Å². The number of ether oxygens (including phenoxy) is 2. The van der Waals surface area contributed by atoms with Crippen LogP contribution in [0.5, 0.6) is 5.75 Å². The SMILES string of the molecule is COC(=O)c1ccc(C(F)F)c(OC(F)(F)F)c1. The quantitative estimate of drug-likeness (QED) is 0.624. The molecule has 0 radical (unpaired) electrons. The molecule has 18 heavy (non-hydrogen) atoms. The second-order valence-electron chi connectivity index (χ2n) is 3.09. The van der Waals surface area contributed by atoms with Crippen LogP contribution in [0.4, 0.5) is 22.0 Å². The molecule has 1 rings (SSSR count). The summed E-state index contributed by atoms with van der Waals surface area (Å²) >= 11 is 0. The number of hydrogen-bond donors (Lipinski definition) is 0. The second-order valence-corrected chi connectivity index (χ2v) is 3.09. The summed E-state index contributed by atoms with van der Waals surface area (Å²) in [5.74, 6) is -2.08. The highest BCUT2D eigenvalue weighted by Gasteiger charge is 2.33. The highest BCUT2D eigenvalue weighted by Crippen LogP contribution is 2.33. The fourth-order valence-electron chi connectivity index (χ4n) is 1.17. The van der Waals surface area contributed by atoms with Gasteiger partial charge in [-0.1, -0.05) is 0 Å². The van der Waals surface area contributed by atoms with Crippen molar-refractivity contribution in [3.63, 3.8) is 0 Å². The molecule has 1 aromatic rings. The molecule has 0 aromatic heterocycles. The molecule has 0 saturated carbocycles. The molecule has 0 fully saturated rings. The van der Waals surface area contributed by atoms with Crippen molar-refractivity contribution >= 4 is 5.97 Å². The first-order chi connectivity index (χ1) is 8.24. The molecule has 0 amide bonds. The lowest BCUT2D eigenvalue weighted by Crippen LogP contribution is -2.18. The molecule has 0 aliphatic rings. The molecule has 0 bridgehead atoms. The molecule has 1 aromatic carbocycles. The fourth-order valence-corrected chi connectivity index (χ4v) is 1.17. The van der Waals surface area contributed by atoms with E-state index < -0.39 is 30.1 Å². The molecule has 0 N–H and O–H groups in total. The lowest BCUT2D eigenvalue weighted by molar-refractivity contribution is -0.275. The Bertz CT molecular complexity index is 442. The van der Waals surface area contributed by atoms with E-state index in [1.165, 1.54) is 0 Å². The zero-order chi connectivity index (χ0) is 13.9. The summed E-state index contributed by atoms with van der Waals surface area (Å²) in [5.41, 5.74) is -1.28. The Kier molecular flexibility index (Phi) is 4.10. The van der Waals surface area contributed by atoms with Crippen molar-refractivity contribution in [1.29, 1.82) is 0 Å². The van der Waals surface area contributed by atoms with Crippen LogP contribution < -0.4 is 4.74 Å². The Morgan fingerprint density at radius 2 is 1.89 bits per heavy atom. The molecular weight excluding hydrogens is 263 g/mol. The number of esters is 1. The molecule has 0 unspecified atom stereocenters. The Labute approximate surface area is 98.1 Å². The van der Waals surface area contributed by atoms with Crippen molar-refractivity contribution < 1.29 is 36.2 Å². The van der Waals surface area contributed by atoms with E-state index in [-0.39, 0.29) is 5.56 Å². The Morgan fingerprint density at radius 1 is 1.28 bits per heavy atom. The number of methoxy groups -OCH3 is 1. The molecule has 100 valence electrons. The smallest absolute Gasteiger partial charge is 0.465 e. The zero-order valence-electron chi connectivity index (χ0n) is 8.92. The van der Waals surface area contributed by atoms with E-state index >= 15 is 0 Å². The second kappa shape index (κ2) is 5.19. The fraction of sp³-hybridized carbons (Fsp3) is 0.300. The van der Waals surface area contributed by atoms with E-state index in [1.807, 2.05) is 0 Å². The molecule has 0 heterocycles. The average Bonchev–Trinajstić information content (AvgIpc) is 2.25. The van der Waals surface area contributed by atoms with Crippen molar-refractivity contribution in [1.82, 2.24) is 0 Å². The van der Waals surface area contributed by atoms with E-state index in [1.54, 1.807) is 0 Å². The number of halogens is 5. The number of alkyl halides is 5. The maximum atomic E-state index is 12.5. The minimum absolute atomic E-state index is 0.318. The summed E-state index contributed by atoms with van der Waals surface area (Å²) in [4.78, 5) is 11.1. The third-order valence-corrected chi connectivity index (χ3v) is 1.90. The van der Waals surface area contributed by atoms with Gasteiger partial charge in [-0.15, -0.1) is 13.2 Å². The molecule has 0 spiro atoms. The van der Waals surface area contributed by atoms with Crippen molar-refractivity contribution in [3.8, 4) is 5.75 Å². The van der Waals surface area contributed by atoms with Gasteiger partial charge in [-0.3, -0.25) is 0 Å². The van der Waals surface area contributed by atoms with E-state index in [4.69, 9.17) is 0 Å². The van der Waals surface area contributed by atoms with Crippen LogP contribution in [0, 0.1) is 0 Å². The van der Waals surface area contributed by atoms with E-state index in [0.29, 0.717) is 12.1 Å². The maximum absolute atomic E-state index is 12.5. The van der Waals surface area contributed by atoms with Gasteiger partial charge in [0.05, 0.1) is 18.2 Å². The van der Waals surface area contributed by atoms with Crippen LogP contribution in [0.1, 0.15) is 22.3 Å². The Hall–Kier alpha value is -1.86. The lowest BCUT2D eigenvalue weighted by Gasteiger charge is -2.13. The van der Waals surface area contributed by atoms with Crippen molar-refractivity contribution in [3.05, 3.63) is 29.3 Å². The monoisotopic (exact) mass is 270 g/mol. The third kappa shape index (κ3) is 3.57. The van der Waals surface area contributed by atoms with Gasteiger partial charge in [0, 0.05) is 0 Å². The number of rotatable bonds is 3. The van der Waals surface area contributed by atoms with Crippen LogP contribution in [0.25, 0.3) is 0 Å². The van der Waals surface area contributed by atoms with Crippen LogP contribution in [0.3, 0.4) is 0 Å². The van der Waals surface area contributed by atoms with Gasteiger partial charge >= 0.3 is 12.3 Å².